The van der Waals surface area contributed by atoms with Gasteiger partial charge in [-0.15, -0.1) is 0 Å². The Morgan fingerprint density at radius 1 is 1.25 bits per heavy atom. The zero-order valence-electron chi connectivity index (χ0n) is 12.3. The molecule has 5 nitrogen and oxygen atoms in total. The number of ether oxygens (including phenoxy) is 2. The molecular weight excluding hydrogens is 256 g/mol. The minimum Gasteiger partial charge on any atom is -0.495 e. The first kappa shape index (κ1) is 16.5. The lowest BCUT2D eigenvalue weighted by atomic mass is 10.2. The van der Waals surface area contributed by atoms with E-state index < -0.39 is 0 Å². The van der Waals surface area contributed by atoms with Crippen LogP contribution in [0.2, 0.25) is 0 Å². The quantitative estimate of drug-likeness (QED) is 0.701. The minimum absolute atomic E-state index is 0.0694. The summed E-state index contributed by atoms with van der Waals surface area (Å²) in [7, 11) is 3.24. The standard InChI is InChI=1S/C15H24N2O3/c1-19-12-5-9-15(18)17(11-6-10-16)13-7-3-4-8-14(13)20-2/h3-4,7-8H,5-6,9-12,16H2,1-2H3. The first-order valence-corrected chi connectivity index (χ1v) is 6.87. The van der Waals surface area contributed by atoms with Gasteiger partial charge in [-0.2, -0.15) is 0 Å². The average molecular weight is 280 g/mol. The van der Waals surface area contributed by atoms with Crippen molar-refractivity contribution in [2.45, 2.75) is 19.3 Å². The van der Waals surface area contributed by atoms with E-state index in [9.17, 15) is 4.79 Å². The number of nitrogens with zero attached hydrogens (tertiary/aromatic N) is 1. The molecule has 1 aromatic rings. The van der Waals surface area contributed by atoms with Crippen LogP contribution in [-0.2, 0) is 9.53 Å². The Balaban J connectivity index is 2.84. The summed E-state index contributed by atoms with van der Waals surface area (Å²) < 4.78 is 10.3. The van der Waals surface area contributed by atoms with Crippen LogP contribution in [0.4, 0.5) is 5.69 Å². The monoisotopic (exact) mass is 280 g/mol. The van der Waals surface area contributed by atoms with Gasteiger partial charge >= 0.3 is 0 Å². The molecule has 0 aliphatic heterocycles. The van der Waals surface area contributed by atoms with Crippen LogP contribution >= 0.6 is 0 Å². The highest BCUT2D eigenvalue weighted by Crippen LogP contribution is 2.28. The molecule has 0 unspecified atom stereocenters. The first-order chi connectivity index (χ1) is 9.74. The van der Waals surface area contributed by atoms with Crippen LogP contribution in [0.15, 0.2) is 24.3 Å². The van der Waals surface area contributed by atoms with Gasteiger partial charge in [-0.3, -0.25) is 4.79 Å². The number of carbonyl (C=O) groups excluding carboxylic acids is 1. The maximum atomic E-state index is 12.4. The molecule has 0 radical (unpaired) electrons. The van der Waals surface area contributed by atoms with Crippen molar-refractivity contribution in [2.75, 3.05) is 38.8 Å². The van der Waals surface area contributed by atoms with Crippen LogP contribution in [-0.4, -0.2) is 39.8 Å². The number of anilines is 1. The van der Waals surface area contributed by atoms with E-state index in [0.717, 1.165) is 12.1 Å². The molecule has 0 heterocycles. The highest BCUT2D eigenvalue weighted by atomic mass is 16.5. The molecule has 2 N–H and O–H groups in total. The second-order valence-electron chi connectivity index (χ2n) is 4.46. The number of hydrogen-bond donors (Lipinski definition) is 1. The fraction of sp³-hybridized carbons (Fsp3) is 0.533. The number of rotatable bonds is 9. The third-order valence-electron chi connectivity index (χ3n) is 3.00. The summed E-state index contributed by atoms with van der Waals surface area (Å²) in [5, 5.41) is 0. The molecule has 0 fully saturated rings. The van der Waals surface area contributed by atoms with Gasteiger partial charge in [0, 0.05) is 26.7 Å². The molecule has 5 heteroatoms. The van der Waals surface area contributed by atoms with E-state index in [-0.39, 0.29) is 5.91 Å². The second-order valence-corrected chi connectivity index (χ2v) is 4.46. The zero-order valence-corrected chi connectivity index (χ0v) is 12.3. The van der Waals surface area contributed by atoms with E-state index in [1.807, 2.05) is 24.3 Å². The summed E-state index contributed by atoms with van der Waals surface area (Å²) in [4.78, 5) is 14.1. The Morgan fingerprint density at radius 2 is 2.00 bits per heavy atom. The normalized spacial score (nSPS) is 10.3. The van der Waals surface area contributed by atoms with Crippen molar-refractivity contribution in [1.29, 1.82) is 0 Å². The molecule has 0 aliphatic carbocycles. The Kier molecular flexibility index (Phi) is 7.69. The summed E-state index contributed by atoms with van der Waals surface area (Å²) in [6.45, 7) is 1.74. The van der Waals surface area contributed by atoms with Gasteiger partial charge in [0.15, 0.2) is 0 Å². The SMILES string of the molecule is COCCCC(=O)N(CCCN)c1ccccc1OC. The number of para-hydroxylation sites is 2. The Hall–Kier alpha value is -1.59. The molecule has 0 spiro atoms. The zero-order chi connectivity index (χ0) is 14.8. The van der Waals surface area contributed by atoms with Crippen LogP contribution in [0.5, 0.6) is 5.75 Å². The smallest absolute Gasteiger partial charge is 0.227 e. The highest BCUT2D eigenvalue weighted by Gasteiger charge is 2.18. The minimum atomic E-state index is 0.0694. The lowest BCUT2D eigenvalue weighted by Crippen LogP contribution is -2.33. The van der Waals surface area contributed by atoms with Gasteiger partial charge in [-0.25, -0.2) is 0 Å². The summed E-state index contributed by atoms with van der Waals surface area (Å²) in [6, 6.07) is 7.53. The maximum Gasteiger partial charge on any atom is 0.227 e. The molecule has 0 bridgehead atoms. The third kappa shape index (κ3) is 4.83. The molecule has 0 aromatic heterocycles. The lowest BCUT2D eigenvalue weighted by molar-refractivity contribution is -0.118. The van der Waals surface area contributed by atoms with Gasteiger partial charge in [0.25, 0.3) is 0 Å². The molecule has 1 rings (SSSR count). The molecule has 0 aliphatic rings. The van der Waals surface area contributed by atoms with Crippen LogP contribution in [0.25, 0.3) is 0 Å². The topological polar surface area (TPSA) is 64.8 Å². The Labute approximate surface area is 120 Å². The lowest BCUT2D eigenvalue weighted by Gasteiger charge is -2.24. The van der Waals surface area contributed by atoms with E-state index in [2.05, 4.69) is 0 Å². The van der Waals surface area contributed by atoms with Crippen LogP contribution in [0, 0.1) is 0 Å². The van der Waals surface area contributed by atoms with E-state index in [0.29, 0.717) is 38.3 Å². The van der Waals surface area contributed by atoms with Crippen molar-refractivity contribution < 1.29 is 14.3 Å². The Bertz CT molecular complexity index is 410. The van der Waals surface area contributed by atoms with E-state index in [1.54, 1.807) is 19.1 Å². The van der Waals surface area contributed by atoms with Gasteiger partial charge < -0.3 is 20.1 Å². The maximum absolute atomic E-state index is 12.4. The number of amides is 1. The van der Waals surface area contributed by atoms with Crippen LogP contribution < -0.4 is 15.4 Å². The summed E-state index contributed by atoms with van der Waals surface area (Å²) in [6.07, 6.45) is 1.92. The number of hydrogen-bond acceptors (Lipinski definition) is 4. The van der Waals surface area contributed by atoms with Crippen molar-refractivity contribution >= 4 is 11.6 Å². The van der Waals surface area contributed by atoms with Gasteiger partial charge in [-0.1, -0.05) is 12.1 Å². The van der Waals surface area contributed by atoms with Crippen LogP contribution in [0.3, 0.4) is 0 Å². The summed E-state index contributed by atoms with van der Waals surface area (Å²) >= 11 is 0. The van der Waals surface area contributed by atoms with Crippen molar-refractivity contribution in [2.24, 2.45) is 5.73 Å². The number of nitrogens with two attached hydrogens (primary N) is 1. The largest absolute Gasteiger partial charge is 0.495 e. The summed E-state index contributed by atoms with van der Waals surface area (Å²) in [5.74, 6) is 0.768. The summed E-state index contributed by atoms with van der Waals surface area (Å²) in [5.41, 5.74) is 6.36. The first-order valence-electron chi connectivity index (χ1n) is 6.87. The third-order valence-corrected chi connectivity index (χ3v) is 3.00. The van der Waals surface area contributed by atoms with Crippen molar-refractivity contribution in [3.05, 3.63) is 24.3 Å². The number of benzene rings is 1. The molecule has 112 valence electrons. The molecule has 1 amide bonds. The molecular formula is C15H24N2O3. The molecule has 0 atom stereocenters. The molecule has 0 saturated carbocycles. The predicted molar refractivity (Wildman–Crippen MR) is 80.1 cm³/mol. The van der Waals surface area contributed by atoms with Crippen molar-refractivity contribution in [3.8, 4) is 5.75 Å². The van der Waals surface area contributed by atoms with Crippen molar-refractivity contribution in [1.82, 2.24) is 0 Å². The number of carbonyl (C=O) groups is 1. The van der Waals surface area contributed by atoms with Gasteiger partial charge in [0.2, 0.25) is 5.91 Å². The predicted octanol–water partition coefficient (Wildman–Crippen LogP) is 1.80. The fourth-order valence-corrected chi connectivity index (χ4v) is 1.98. The number of methoxy groups -OCH3 is 2. The van der Waals surface area contributed by atoms with Crippen LogP contribution in [0.1, 0.15) is 19.3 Å². The van der Waals surface area contributed by atoms with Gasteiger partial charge in [0.05, 0.1) is 12.8 Å². The highest BCUT2D eigenvalue weighted by molar-refractivity contribution is 5.94. The van der Waals surface area contributed by atoms with Crippen molar-refractivity contribution in [3.63, 3.8) is 0 Å². The average Bonchev–Trinajstić information content (AvgIpc) is 2.48. The fourth-order valence-electron chi connectivity index (χ4n) is 1.98. The van der Waals surface area contributed by atoms with E-state index >= 15 is 0 Å². The van der Waals surface area contributed by atoms with Gasteiger partial charge in [-0.05, 0) is 31.5 Å². The van der Waals surface area contributed by atoms with E-state index in [4.69, 9.17) is 15.2 Å². The molecule has 0 saturated heterocycles. The molecule has 20 heavy (non-hydrogen) atoms. The molecule has 1 aromatic carbocycles. The Morgan fingerprint density at radius 3 is 2.65 bits per heavy atom. The van der Waals surface area contributed by atoms with Gasteiger partial charge in [0.1, 0.15) is 5.75 Å². The van der Waals surface area contributed by atoms with E-state index in [1.165, 1.54) is 0 Å². The second kappa shape index (κ2) is 9.34.